The third kappa shape index (κ3) is 2.52. The van der Waals surface area contributed by atoms with Crippen molar-refractivity contribution in [2.45, 2.75) is 6.42 Å². The fraction of sp³-hybridized carbons (Fsp3) is 0.0455. The highest BCUT2D eigenvalue weighted by molar-refractivity contribution is 6.21. The standard InChI is InChI=1S/C22H17NO/c24-21-16-20(17-10-4-1-5-11-17)22(18-12-6-2-7-13-18)23(21)19-14-8-3-9-15-19/h1-15H,16H2. The number of hydrogen-bond acceptors (Lipinski definition) is 1. The van der Waals surface area contributed by atoms with Crippen LogP contribution in [0.4, 0.5) is 5.69 Å². The molecule has 0 bridgehead atoms. The number of anilines is 1. The van der Waals surface area contributed by atoms with Crippen molar-refractivity contribution in [2.75, 3.05) is 4.90 Å². The Kier molecular flexibility index (Phi) is 3.72. The quantitative estimate of drug-likeness (QED) is 0.667. The molecule has 4 rings (SSSR count). The number of carbonyl (C=O) groups is 1. The Hall–Kier alpha value is -3.13. The second-order valence-corrected chi connectivity index (χ2v) is 5.80. The van der Waals surface area contributed by atoms with Gasteiger partial charge in [-0.25, -0.2) is 0 Å². The minimum atomic E-state index is 0.110. The van der Waals surface area contributed by atoms with Gasteiger partial charge in [-0.05, 0) is 28.8 Å². The van der Waals surface area contributed by atoms with E-state index < -0.39 is 0 Å². The van der Waals surface area contributed by atoms with Crippen LogP contribution in [0.15, 0.2) is 91.0 Å². The Morgan fingerprint density at radius 3 is 1.71 bits per heavy atom. The third-order valence-electron chi connectivity index (χ3n) is 4.27. The number of carbonyl (C=O) groups excluding carboxylic acids is 1. The number of rotatable bonds is 3. The second kappa shape index (κ2) is 6.17. The topological polar surface area (TPSA) is 20.3 Å². The summed E-state index contributed by atoms with van der Waals surface area (Å²) in [7, 11) is 0. The van der Waals surface area contributed by atoms with Gasteiger partial charge in [0.25, 0.3) is 0 Å². The summed E-state index contributed by atoms with van der Waals surface area (Å²) < 4.78 is 0. The second-order valence-electron chi connectivity index (χ2n) is 5.80. The van der Waals surface area contributed by atoms with E-state index >= 15 is 0 Å². The zero-order valence-corrected chi connectivity index (χ0v) is 13.2. The first kappa shape index (κ1) is 14.5. The molecule has 1 heterocycles. The van der Waals surface area contributed by atoms with Crippen LogP contribution in [0.25, 0.3) is 11.3 Å². The van der Waals surface area contributed by atoms with Crippen LogP contribution in [-0.4, -0.2) is 5.91 Å². The molecule has 1 aliphatic rings. The van der Waals surface area contributed by atoms with E-state index in [0.717, 1.165) is 28.1 Å². The SMILES string of the molecule is O=C1CC(c2ccccc2)=C(c2ccccc2)N1c1ccccc1. The number of hydrogen-bond donors (Lipinski definition) is 0. The maximum absolute atomic E-state index is 12.8. The minimum Gasteiger partial charge on any atom is -0.280 e. The minimum absolute atomic E-state index is 0.110. The van der Waals surface area contributed by atoms with Crippen LogP contribution in [0, 0.1) is 0 Å². The van der Waals surface area contributed by atoms with Crippen LogP contribution in [-0.2, 0) is 4.79 Å². The summed E-state index contributed by atoms with van der Waals surface area (Å²) in [5, 5.41) is 0. The summed E-state index contributed by atoms with van der Waals surface area (Å²) in [6.45, 7) is 0. The number of nitrogens with zero attached hydrogens (tertiary/aromatic N) is 1. The van der Waals surface area contributed by atoms with E-state index in [2.05, 4.69) is 24.3 Å². The van der Waals surface area contributed by atoms with Crippen LogP contribution < -0.4 is 4.90 Å². The molecule has 0 saturated heterocycles. The smallest absolute Gasteiger partial charge is 0.236 e. The highest BCUT2D eigenvalue weighted by atomic mass is 16.2. The molecular weight excluding hydrogens is 294 g/mol. The van der Waals surface area contributed by atoms with E-state index in [9.17, 15) is 4.79 Å². The van der Waals surface area contributed by atoms with Gasteiger partial charge in [-0.15, -0.1) is 0 Å². The van der Waals surface area contributed by atoms with Gasteiger partial charge in [0.1, 0.15) is 0 Å². The van der Waals surface area contributed by atoms with E-state index in [1.807, 2.05) is 71.6 Å². The van der Waals surface area contributed by atoms with Gasteiger partial charge in [-0.1, -0.05) is 78.9 Å². The molecule has 0 spiro atoms. The summed E-state index contributed by atoms with van der Waals surface area (Å²) in [5.74, 6) is 0.110. The number of para-hydroxylation sites is 1. The van der Waals surface area contributed by atoms with Crippen LogP contribution in [0.3, 0.4) is 0 Å². The third-order valence-corrected chi connectivity index (χ3v) is 4.27. The highest BCUT2D eigenvalue weighted by Crippen LogP contribution is 2.40. The predicted molar refractivity (Wildman–Crippen MR) is 98.2 cm³/mol. The lowest BCUT2D eigenvalue weighted by molar-refractivity contribution is -0.116. The lowest BCUT2D eigenvalue weighted by atomic mass is 9.99. The van der Waals surface area contributed by atoms with E-state index in [1.54, 1.807) is 0 Å². The molecule has 3 aromatic carbocycles. The Bertz CT molecular complexity index is 883. The molecule has 0 N–H and O–H groups in total. The first-order valence-electron chi connectivity index (χ1n) is 8.06. The highest BCUT2D eigenvalue weighted by Gasteiger charge is 2.32. The molecule has 2 nitrogen and oxygen atoms in total. The van der Waals surface area contributed by atoms with E-state index in [4.69, 9.17) is 0 Å². The number of amides is 1. The monoisotopic (exact) mass is 311 g/mol. The van der Waals surface area contributed by atoms with Gasteiger partial charge < -0.3 is 0 Å². The van der Waals surface area contributed by atoms with E-state index in [0.29, 0.717) is 6.42 Å². The van der Waals surface area contributed by atoms with Crippen LogP contribution in [0.1, 0.15) is 17.5 Å². The Labute approximate surface area is 141 Å². The molecule has 0 radical (unpaired) electrons. The zero-order chi connectivity index (χ0) is 16.4. The molecule has 0 aromatic heterocycles. The lowest BCUT2D eigenvalue weighted by Crippen LogP contribution is -2.23. The molecule has 24 heavy (non-hydrogen) atoms. The van der Waals surface area contributed by atoms with Gasteiger partial charge in [-0.3, -0.25) is 9.69 Å². The molecular formula is C22H17NO. The zero-order valence-electron chi connectivity index (χ0n) is 13.2. The lowest BCUT2D eigenvalue weighted by Gasteiger charge is -2.21. The summed E-state index contributed by atoms with van der Waals surface area (Å²) >= 11 is 0. The molecule has 0 unspecified atom stereocenters. The van der Waals surface area contributed by atoms with Crippen molar-refractivity contribution in [3.05, 3.63) is 102 Å². The first-order chi connectivity index (χ1) is 11.8. The predicted octanol–water partition coefficient (Wildman–Crippen LogP) is 4.99. The van der Waals surface area contributed by atoms with Gasteiger partial charge in [0.15, 0.2) is 0 Å². The molecule has 0 atom stereocenters. The first-order valence-corrected chi connectivity index (χ1v) is 8.06. The van der Waals surface area contributed by atoms with Crippen LogP contribution in [0.2, 0.25) is 0 Å². The molecule has 2 heteroatoms. The van der Waals surface area contributed by atoms with Crippen LogP contribution >= 0.6 is 0 Å². The molecule has 1 amide bonds. The Morgan fingerprint density at radius 2 is 1.12 bits per heavy atom. The number of benzene rings is 3. The molecule has 0 fully saturated rings. The largest absolute Gasteiger partial charge is 0.280 e. The average molecular weight is 311 g/mol. The Morgan fingerprint density at radius 1 is 0.625 bits per heavy atom. The van der Waals surface area contributed by atoms with E-state index in [-0.39, 0.29) is 5.91 Å². The molecule has 116 valence electrons. The average Bonchev–Trinajstić information content (AvgIpc) is 3.01. The van der Waals surface area contributed by atoms with Crippen molar-refractivity contribution in [1.29, 1.82) is 0 Å². The summed E-state index contributed by atoms with van der Waals surface area (Å²) in [6, 6.07) is 30.2. The van der Waals surface area contributed by atoms with E-state index in [1.165, 1.54) is 0 Å². The summed E-state index contributed by atoms with van der Waals surface area (Å²) in [6.07, 6.45) is 0.420. The fourth-order valence-electron chi connectivity index (χ4n) is 3.20. The van der Waals surface area contributed by atoms with Crippen molar-refractivity contribution in [3.8, 4) is 0 Å². The van der Waals surface area contributed by atoms with Gasteiger partial charge >= 0.3 is 0 Å². The molecule has 0 aliphatic carbocycles. The van der Waals surface area contributed by atoms with Crippen molar-refractivity contribution in [1.82, 2.24) is 0 Å². The van der Waals surface area contributed by atoms with Crippen molar-refractivity contribution >= 4 is 22.9 Å². The van der Waals surface area contributed by atoms with Gasteiger partial charge in [-0.2, -0.15) is 0 Å². The van der Waals surface area contributed by atoms with Crippen LogP contribution in [0.5, 0.6) is 0 Å². The van der Waals surface area contributed by atoms with Crippen molar-refractivity contribution in [2.24, 2.45) is 0 Å². The molecule has 0 saturated carbocycles. The summed E-state index contributed by atoms with van der Waals surface area (Å²) in [4.78, 5) is 14.7. The molecule has 3 aromatic rings. The van der Waals surface area contributed by atoms with Gasteiger partial charge in [0.05, 0.1) is 12.1 Å². The maximum Gasteiger partial charge on any atom is 0.236 e. The summed E-state index contributed by atoms with van der Waals surface area (Å²) in [5.41, 5.74) is 5.13. The van der Waals surface area contributed by atoms with Crippen molar-refractivity contribution < 1.29 is 4.79 Å². The maximum atomic E-state index is 12.8. The van der Waals surface area contributed by atoms with Gasteiger partial charge in [0, 0.05) is 5.69 Å². The fourth-order valence-corrected chi connectivity index (χ4v) is 3.20. The van der Waals surface area contributed by atoms with Crippen molar-refractivity contribution in [3.63, 3.8) is 0 Å². The Balaban J connectivity index is 1.94. The molecule has 1 aliphatic heterocycles. The van der Waals surface area contributed by atoms with Gasteiger partial charge in [0.2, 0.25) is 5.91 Å². The normalized spacial score (nSPS) is 14.3.